The normalized spacial score (nSPS) is 17.0. The number of carbonyl (C=O) groups is 1. The molecule has 1 aliphatic rings. The molecule has 118 valence electrons. The summed E-state index contributed by atoms with van der Waals surface area (Å²) in [7, 11) is 0. The van der Waals surface area contributed by atoms with Crippen LogP contribution >= 0.6 is 0 Å². The first kappa shape index (κ1) is 14.8. The Bertz CT molecular complexity index is 702. The van der Waals surface area contributed by atoms with Gasteiger partial charge >= 0.3 is 6.09 Å². The SMILES string of the molecule is O=C1OC(COc2ccc([N+](=O)[O-])cc2)CN1c1ccccc1. The average Bonchev–Trinajstić information content (AvgIpc) is 2.95. The van der Waals surface area contributed by atoms with Gasteiger partial charge in [0.2, 0.25) is 0 Å². The van der Waals surface area contributed by atoms with Gasteiger partial charge in [-0.15, -0.1) is 0 Å². The summed E-state index contributed by atoms with van der Waals surface area (Å²) >= 11 is 0. The van der Waals surface area contributed by atoms with Crippen LogP contribution in [-0.2, 0) is 4.74 Å². The van der Waals surface area contributed by atoms with E-state index in [9.17, 15) is 14.9 Å². The molecular weight excluding hydrogens is 300 g/mol. The summed E-state index contributed by atoms with van der Waals surface area (Å²) in [6, 6.07) is 15.0. The van der Waals surface area contributed by atoms with Crippen LogP contribution in [0.15, 0.2) is 54.6 Å². The maximum absolute atomic E-state index is 11.9. The number of carbonyl (C=O) groups excluding carboxylic acids is 1. The van der Waals surface area contributed by atoms with Crippen molar-refractivity contribution in [3.05, 3.63) is 64.7 Å². The molecule has 0 bridgehead atoms. The van der Waals surface area contributed by atoms with Gasteiger partial charge in [0.1, 0.15) is 12.4 Å². The Morgan fingerprint density at radius 2 is 1.87 bits per heavy atom. The smallest absolute Gasteiger partial charge is 0.414 e. The molecule has 0 spiro atoms. The lowest BCUT2D eigenvalue weighted by Gasteiger charge is -2.12. The van der Waals surface area contributed by atoms with Crippen LogP contribution in [0.3, 0.4) is 0 Å². The highest BCUT2D eigenvalue weighted by Crippen LogP contribution is 2.22. The van der Waals surface area contributed by atoms with Crippen LogP contribution < -0.4 is 9.64 Å². The number of non-ortho nitro benzene ring substituents is 1. The lowest BCUT2D eigenvalue weighted by atomic mass is 10.3. The van der Waals surface area contributed by atoms with E-state index in [0.29, 0.717) is 12.3 Å². The molecule has 0 N–H and O–H groups in total. The molecule has 1 amide bonds. The van der Waals surface area contributed by atoms with E-state index >= 15 is 0 Å². The third-order valence-corrected chi connectivity index (χ3v) is 3.43. The topological polar surface area (TPSA) is 81.9 Å². The van der Waals surface area contributed by atoms with E-state index in [-0.39, 0.29) is 12.3 Å². The fourth-order valence-electron chi connectivity index (χ4n) is 2.28. The number of para-hydroxylation sites is 1. The molecule has 23 heavy (non-hydrogen) atoms. The van der Waals surface area contributed by atoms with E-state index in [0.717, 1.165) is 5.69 Å². The molecular formula is C16H14N2O5. The molecule has 0 aliphatic carbocycles. The molecule has 2 aromatic rings. The van der Waals surface area contributed by atoms with Gasteiger partial charge in [-0.1, -0.05) is 18.2 Å². The first-order valence-corrected chi connectivity index (χ1v) is 7.04. The number of amides is 1. The number of anilines is 1. The molecule has 1 unspecified atom stereocenters. The summed E-state index contributed by atoms with van der Waals surface area (Å²) in [6.07, 6.45) is -0.800. The van der Waals surface area contributed by atoms with Gasteiger partial charge in [0, 0.05) is 17.8 Å². The van der Waals surface area contributed by atoms with Crippen LogP contribution in [0.1, 0.15) is 0 Å². The zero-order chi connectivity index (χ0) is 16.2. The second-order valence-electron chi connectivity index (χ2n) is 5.01. The van der Waals surface area contributed by atoms with Gasteiger partial charge < -0.3 is 9.47 Å². The minimum absolute atomic E-state index is 0.0000955. The van der Waals surface area contributed by atoms with Crippen molar-refractivity contribution in [2.75, 3.05) is 18.1 Å². The minimum atomic E-state index is -0.472. The van der Waals surface area contributed by atoms with Crippen molar-refractivity contribution in [3.63, 3.8) is 0 Å². The Kier molecular flexibility index (Phi) is 4.09. The van der Waals surface area contributed by atoms with Gasteiger partial charge in [-0.25, -0.2) is 4.79 Å². The Hall–Kier alpha value is -3.09. The lowest BCUT2D eigenvalue weighted by molar-refractivity contribution is -0.384. The van der Waals surface area contributed by atoms with Gasteiger partial charge in [-0.2, -0.15) is 0 Å². The molecule has 3 rings (SSSR count). The number of hydrogen-bond acceptors (Lipinski definition) is 5. The molecule has 1 fully saturated rings. The van der Waals surface area contributed by atoms with E-state index in [1.54, 1.807) is 4.90 Å². The quantitative estimate of drug-likeness (QED) is 0.626. The number of hydrogen-bond donors (Lipinski definition) is 0. The maximum atomic E-state index is 11.9. The Morgan fingerprint density at radius 1 is 1.17 bits per heavy atom. The van der Waals surface area contributed by atoms with Crippen molar-refractivity contribution in [1.29, 1.82) is 0 Å². The number of ether oxygens (including phenoxy) is 2. The Morgan fingerprint density at radius 3 is 2.52 bits per heavy atom. The van der Waals surface area contributed by atoms with E-state index in [4.69, 9.17) is 9.47 Å². The molecule has 0 radical (unpaired) electrons. The molecule has 0 saturated carbocycles. The summed E-state index contributed by atoms with van der Waals surface area (Å²) in [6.45, 7) is 0.586. The molecule has 2 aromatic carbocycles. The maximum Gasteiger partial charge on any atom is 0.414 e. The monoisotopic (exact) mass is 314 g/mol. The third kappa shape index (κ3) is 3.39. The van der Waals surface area contributed by atoms with Crippen molar-refractivity contribution < 1.29 is 19.2 Å². The van der Waals surface area contributed by atoms with E-state index in [1.807, 2.05) is 30.3 Å². The van der Waals surface area contributed by atoms with Crippen molar-refractivity contribution in [1.82, 2.24) is 0 Å². The number of rotatable bonds is 5. The van der Waals surface area contributed by atoms with Crippen LogP contribution in [0.25, 0.3) is 0 Å². The first-order valence-electron chi connectivity index (χ1n) is 7.04. The Labute approximate surface area is 132 Å². The standard InChI is InChI=1S/C16H14N2O5/c19-16-17(12-4-2-1-3-5-12)10-15(23-16)11-22-14-8-6-13(7-9-14)18(20)21/h1-9,15H,10-11H2. The van der Waals surface area contributed by atoms with Crippen LogP contribution in [0.4, 0.5) is 16.2 Å². The molecule has 1 aliphatic heterocycles. The second-order valence-corrected chi connectivity index (χ2v) is 5.01. The number of benzene rings is 2. The van der Waals surface area contributed by atoms with Crippen molar-refractivity contribution in [2.45, 2.75) is 6.10 Å². The van der Waals surface area contributed by atoms with Crippen molar-refractivity contribution in [2.24, 2.45) is 0 Å². The molecule has 7 nitrogen and oxygen atoms in total. The minimum Gasteiger partial charge on any atom is -0.490 e. The number of cyclic esters (lactones) is 1. The largest absolute Gasteiger partial charge is 0.490 e. The fraction of sp³-hybridized carbons (Fsp3) is 0.188. The van der Waals surface area contributed by atoms with Crippen molar-refractivity contribution >= 4 is 17.5 Å². The molecule has 1 heterocycles. The van der Waals surface area contributed by atoms with E-state index in [2.05, 4.69) is 0 Å². The lowest BCUT2D eigenvalue weighted by Crippen LogP contribution is -2.26. The van der Waals surface area contributed by atoms with Crippen molar-refractivity contribution in [3.8, 4) is 5.75 Å². The summed E-state index contributed by atoms with van der Waals surface area (Å²) in [5.74, 6) is 0.491. The zero-order valence-corrected chi connectivity index (χ0v) is 12.1. The van der Waals surface area contributed by atoms with Crippen LogP contribution in [0, 0.1) is 10.1 Å². The number of nitro benzene ring substituents is 1. The van der Waals surface area contributed by atoms with Gasteiger partial charge in [0.25, 0.3) is 5.69 Å². The molecule has 0 aromatic heterocycles. The molecule has 1 saturated heterocycles. The van der Waals surface area contributed by atoms with Gasteiger partial charge in [-0.3, -0.25) is 15.0 Å². The summed E-state index contributed by atoms with van der Waals surface area (Å²) in [5, 5.41) is 10.6. The first-order chi connectivity index (χ1) is 11.1. The van der Waals surface area contributed by atoms with Crippen LogP contribution in [0.5, 0.6) is 5.75 Å². The number of nitro groups is 1. The third-order valence-electron chi connectivity index (χ3n) is 3.43. The summed E-state index contributed by atoms with van der Waals surface area (Å²) < 4.78 is 10.8. The van der Waals surface area contributed by atoms with Crippen LogP contribution in [0.2, 0.25) is 0 Å². The van der Waals surface area contributed by atoms with Crippen LogP contribution in [-0.4, -0.2) is 30.3 Å². The fourth-order valence-corrected chi connectivity index (χ4v) is 2.28. The molecule has 7 heteroatoms. The summed E-state index contributed by atoms with van der Waals surface area (Å²) in [4.78, 5) is 23.6. The Balaban J connectivity index is 1.57. The van der Waals surface area contributed by atoms with Gasteiger partial charge in [-0.05, 0) is 24.3 Å². The average molecular weight is 314 g/mol. The number of nitrogens with zero attached hydrogens (tertiary/aromatic N) is 2. The van der Waals surface area contributed by atoms with E-state index in [1.165, 1.54) is 24.3 Å². The second kappa shape index (κ2) is 6.35. The highest BCUT2D eigenvalue weighted by molar-refractivity contribution is 5.89. The van der Waals surface area contributed by atoms with Gasteiger partial charge in [0.05, 0.1) is 11.5 Å². The highest BCUT2D eigenvalue weighted by Gasteiger charge is 2.32. The van der Waals surface area contributed by atoms with E-state index < -0.39 is 17.1 Å². The zero-order valence-electron chi connectivity index (χ0n) is 12.1. The predicted octanol–water partition coefficient (Wildman–Crippen LogP) is 3.00. The highest BCUT2D eigenvalue weighted by atomic mass is 16.6. The summed E-state index contributed by atoms with van der Waals surface area (Å²) in [5.41, 5.74) is 0.773. The van der Waals surface area contributed by atoms with Gasteiger partial charge in [0.15, 0.2) is 6.10 Å². The predicted molar refractivity (Wildman–Crippen MR) is 82.6 cm³/mol. The molecule has 1 atom stereocenters.